The summed E-state index contributed by atoms with van der Waals surface area (Å²) in [6, 6.07) is 8.39. The number of aryl methyl sites for hydroxylation is 1. The van der Waals surface area contributed by atoms with Gasteiger partial charge in [0.1, 0.15) is 0 Å². The third-order valence-electron chi connectivity index (χ3n) is 2.88. The average molecular weight is 293 g/mol. The van der Waals surface area contributed by atoms with E-state index in [2.05, 4.69) is 58.3 Å². The highest BCUT2D eigenvalue weighted by molar-refractivity contribution is 9.09. The number of nitrogens with zero attached hydrogens (tertiary/aromatic N) is 2. The van der Waals surface area contributed by atoms with E-state index in [9.17, 15) is 0 Å². The SMILES string of the molecule is CC(=CCCBr)Cc1nn(C)c2ccccc12. The number of alkyl halides is 1. The molecule has 17 heavy (non-hydrogen) atoms. The Morgan fingerprint density at radius 1 is 1.41 bits per heavy atom. The Labute approximate surface area is 110 Å². The summed E-state index contributed by atoms with van der Waals surface area (Å²) in [5.41, 5.74) is 3.76. The molecule has 0 saturated heterocycles. The first-order valence-electron chi connectivity index (χ1n) is 5.84. The highest BCUT2D eigenvalue weighted by Gasteiger charge is 2.07. The molecular formula is C14H17BrN2. The zero-order valence-electron chi connectivity index (χ0n) is 10.3. The maximum atomic E-state index is 4.60. The van der Waals surface area contributed by atoms with E-state index in [1.165, 1.54) is 22.2 Å². The van der Waals surface area contributed by atoms with Crippen LogP contribution in [0.4, 0.5) is 0 Å². The zero-order valence-corrected chi connectivity index (χ0v) is 11.9. The minimum Gasteiger partial charge on any atom is -0.268 e. The van der Waals surface area contributed by atoms with Crippen LogP contribution in [0.1, 0.15) is 19.0 Å². The summed E-state index contributed by atoms with van der Waals surface area (Å²) < 4.78 is 1.96. The third-order valence-corrected chi connectivity index (χ3v) is 3.34. The number of hydrogen-bond acceptors (Lipinski definition) is 1. The lowest BCUT2D eigenvalue weighted by atomic mass is 10.1. The van der Waals surface area contributed by atoms with Crippen LogP contribution in [0.25, 0.3) is 10.9 Å². The topological polar surface area (TPSA) is 17.8 Å². The molecule has 3 heteroatoms. The van der Waals surface area contributed by atoms with Gasteiger partial charge in [-0.3, -0.25) is 4.68 Å². The molecule has 1 heterocycles. The van der Waals surface area contributed by atoms with Crippen molar-refractivity contribution in [2.45, 2.75) is 19.8 Å². The molecule has 1 aromatic carbocycles. The Morgan fingerprint density at radius 3 is 2.94 bits per heavy atom. The van der Waals surface area contributed by atoms with Gasteiger partial charge in [0.2, 0.25) is 0 Å². The van der Waals surface area contributed by atoms with E-state index in [-0.39, 0.29) is 0 Å². The number of halogens is 1. The van der Waals surface area contributed by atoms with E-state index >= 15 is 0 Å². The lowest BCUT2D eigenvalue weighted by Gasteiger charge is -1.98. The van der Waals surface area contributed by atoms with Gasteiger partial charge in [-0.15, -0.1) is 0 Å². The molecule has 2 aromatic rings. The predicted molar refractivity (Wildman–Crippen MR) is 76.6 cm³/mol. The van der Waals surface area contributed by atoms with Crippen LogP contribution in [0.15, 0.2) is 35.9 Å². The number of hydrogen-bond donors (Lipinski definition) is 0. The molecule has 0 radical (unpaired) electrons. The molecule has 0 amide bonds. The molecule has 0 saturated carbocycles. The summed E-state index contributed by atoms with van der Waals surface area (Å²) in [5, 5.41) is 6.89. The second-order valence-electron chi connectivity index (χ2n) is 4.29. The van der Waals surface area contributed by atoms with Crippen molar-refractivity contribution in [3.63, 3.8) is 0 Å². The Morgan fingerprint density at radius 2 is 2.18 bits per heavy atom. The largest absolute Gasteiger partial charge is 0.268 e. The Kier molecular flexibility index (Phi) is 4.00. The molecule has 0 fully saturated rings. The molecule has 0 bridgehead atoms. The van der Waals surface area contributed by atoms with E-state index in [1.54, 1.807) is 0 Å². The summed E-state index contributed by atoms with van der Waals surface area (Å²) in [6.07, 6.45) is 4.29. The first kappa shape index (κ1) is 12.4. The van der Waals surface area contributed by atoms with E-state index in [1.807, 2.05) is 11.7 Å². The number of aromatic nitrogens is 2. The van der Waals surface area contributed by atoms with Crippen LogP contribution in [-0.4, -0.2) is 15.1 Å². The van der Waals surface area contributed by atoms with Crippen molar-refractivity contribution in [2.24, 2.45) is 7.05 Å². The maximum Gasteiger partial charge on any atom is 0.0743 e. The lowest BCUT2D eigenvalue weighted by molar-refractivity contribution is 0.772. The summed E-state index contributed by atoms with van der Waals surface area (Å²) in [7, 11) is 2.00. The first-order valence-corrected chi connectivity index (χ1v) is 6.96. The third kappa shape index (κ3) is 2.78. The first-order chi connectivity index (χ1) is 8.22. The second kappa shape index (κ2) is 5.50. The lowest BCUT2D eigenvalue weighted by Crippen LogP contribution is -1.93. The van der Waals surface area contributed by atoms with Gasteiger partial charge in [-0.25, -0.2) is 0 Å². The van der Waals surface area contributed by atoms with E-state index in [0.29, 0.717) is 0 Å². The van der Waals surface area contributed by atoms with E-state index in [4.69, 9.17) is 0 Å². The summed E-state index contributed by atoms with van der Waals surface area (Å²) in [4.78, 5) is 0. The van der Waals surface area contributed by atoms with Crippen LogP contribution in [0.2, 0.25) is 0 Å². The van der Waals surface area contributed by atoms with Gasteiger partial charge in [-0.05, 0) is 19.4 Å². The quantitative estimate of drug-likeness (QED) is 0.618. The van der Waals surface area contributed by atoms with Crippen molar-refractivity contribution in [3.05, 3.63) is 41.6 Å². The number of rotatable bonds is 4. The summed E-state index contributed by atoms with van der Waals surface area (Å²) in [6.45, 7) is 2.17. The molecule has 1 aromatic heterocycles. The van der Waals surface area contributed by atoms with Crippen LogP contribution < -0.4 is 0 Å². The molecule has 0 unspecified atom stereocenters. The minimum absolute atomic E-state index is 0.939. The van der Waals surface area contributed by atoms with Crippen LogP contribution in [0.3, 0.4) is 0 Å². The molecule has 0 spiro atoms. The van der Waals surface area contributed by atoms with E-state index < -0.39 is 0 Å². The van der Waals surface area contributed by atoms with Gasteiger partial charge in [0.15, 0.2) is 0 Å². The van der Waals surface area contributed by atoms with Gasteiger partial charge in [0.05, 0.1) is 11.2 Å². The Balaban J connectivity index is 2.30. The van der Waals surface area contributed by atoms with Crippen molar-refractivity contribution in [1.29, 1.82) is 0 Å². The number of fused-ring (bicyclic) bond motifs is 1. The van der Waals surface area contributed by atoms with Gasteiger partial charge >= 0.3 is 0 Å². The fourth-order valence-electron chi connectivity index (χ4n) is 2.06. The fourth-order valence-corrected chi connectivity index (χ4v) is 2.29. The molecule has 0 atom stereocenters. The molecule has 2 nitrogen and oxygen atoms in total. The standard InChI is InChI=1S/C14H17BrN2/c1-11(6-5-9-15)10-13-12-7-3-4-8-14(12)17(2)16-13/h3-4,6-8H,5,9-10H2,1-2H3. The van der Waals surface area contributed by atoms with Crippen molar-refractivity contribution < 1.29 is 0 Å². The van der Waals surface area contributed by atoms with Crippen molar-refractivity contribution in [1.82, 2.24) is 9.78 Å². The van der Waals surface area contributed by atoms with Crippen LogP contribution in [0, 0.1) is 0 Å². The number of allylic oxidation sites excluding steroid dienone is 2. The van der Waals surface area contributed by atoms with Crippen LogP contribution in [-0.2, 0) is 13.5 Å². The number of benzene rings is 1. The maximum absolute atomic E-state index is 4.60. The molecule has 2 rings (SSSR count). The van der Waals surface area contributed by atoms with Crippen molar-refractivity contribution in [3.8, 4) is 0 Å². The average Bonchev–Trinajstić information content (AvgIpc) is 2.65. The van der Waals surface area contributed by atoms with E-state index in [0.717, 1.165) is 18.2 Å². The highest BCUT2D eigenvalue weighted by Crippen LogP contribution is 2.20. The van der Waals surface area contributed by atoms with Gasteiger partial charge in [-0.2, -0.15) is 5.10 Å². The normalized spacial score (nSPS) is 12.3. The Bertz CT molecular complexity index is 540. The van der Waals surface area contributed by atoms with Gasteiger partial charge in [-0.1, -0.05) is 45.8 Å². The zero-order chi connectivity index (χ0) is 12.3. The van der Waals surface area contributed by atoms with Gasteiger partial charge in [0, 0.05) is 24.2 Å². The van der Waals surface area contributed by atoms with Crippen LogP contribution in [0.5, 0.6) is 0 Å². The molecule has 0 aliphatic rings. The van der Waals surface area contributed by atoms with Crippen LogP contribution >= 0.6 is 15.9 Å². The fraction of sp³-hybridized carbons (Fsp3) is 0.357. The van der Waals surface area contributed by atoms with Crippen molar-refractivity contribution >= 4 is 26.8 Å². The smallest absolute Gasteiger partial charge is 0.0743 e. The molecule has 0 N–H and O–H groups in total. The van der Waals surface area contributed by atoms with Crippen molar-refractivity contribution in [2.75, 3.05) is 5.33 Å². The second-order valence-corrected chi connectivity index (χ2v) is 5.09. The monoisotopic (exact) mass is 292 g/mol. The molecular weight excluding hydrogens is 276 g/mol. The molecule has 0 aliphatic heterocycles. The Hall–Kier alpha value is -1.09. The predicted octanol–water partition coefficient (Wildman–Crippen LogP) is 3.85. The molecule has 90 valence electrons. The minimum atomic E-state index is 0.939. The van der Waals surface area contributed by atoms with Gasteiger partial charge < -0.3 is 0 Å². The summed E-state index contributed by atoms with van der Waals surface area (Å²) >= 11 is 3.44. The number of para-hydroxylation sites is 1. The van der Waals surface area contributed by atoms with Gasteiger partial charge in [0.25, 0.3) is 0 Å². The highest BCUT2D eigenvalue weighted by atomic mass is 79.9. The molecule has 0 aliphatic carbocycles. The summed E-state index contributed by atoms with van der Waals surface area (Å²) in [5.74, 6) is 0.